The molecule has 2 aliphatic rings. The summed E-state index contributed by atoms with van der Waals surface area (Å²) in [6.45, 7) is 9.81. The van der Waals surface area contributed by atoms with E-state index in [1.165, 1.54) is 22.5 Å². The fourth-order valence-electron chi connectivity index (χ4n) is 2.75. The Morgan fingerprint density at radius 1 is 1.22 bits per heavy atom. The van der Waals surface area contributed by atoms with Gasteiger partial charge in [-0.1, -0.05) is 50.8 Å². The summed E-state index contributed by atoms with van der Waals surface area (Å²) in [6.07, 6.45) is 7.70. The second kappa shape index (κ2) is 3.88. The lowest BCUT2D eigenvalue weighted by Crippen LogP contribution is -2.27. The number of para-hydroxylation sites is 1. The Labute approximate surface area is 109 Å². The number of hydrogen-bond donors (Lipinski definition) is 0. The van der Waals surface area contributed by atoms with Crippen molar-refractivity contribution in [3.8, 4) is 0 Å². The topological polar surface area (TPSA) is 3.24 Å². The quantitative estimate of drug-likeness (QED) is 0.711. The van der Waals surface area contributed by atoms with Gasteiger partial charge in [0.2, 0.25) is 0 Å². The monoisotopic (exact) mass is 237 g/mol. The predicted molar refractivity (Wildman–Crippen MR) is 77.6 cm³/mol. The first-order valence-corrected chi connectivity index (χ1v) is 6.54. The summed E-state index contributed by atoms with van der Waals surface area (Å²) < 4.78 is 0. The number of benzene rings is 1. The smallest absolute Gasteiger partial charge is 0.0446 e. The molecule has 0 saturated carbocycles. The first-order chi connectivity index (χ1) is 8.59. The van der Waals surface area contributed by atoms with Gasteiger partial charge in [0.05, 0.1) is 0 Å². The molecule has 0 saturated heterocycles. The number of allylic oxidation sites excluding steroid dienone is 4. The van der Waals surface area contributed by atoms with Gasteiger partial charge in [-0.05, 0) is 29.7 Å². The molecule has 0 N–H and O–H groups in total. The van der Waals surface area contributed by atoms with Crippen LogP contribution in [0.5, 0.6) is 0 Å². The van der Waals surface area contributed by atoms with E-state index in [4.69, 9.17) is 0 Å². The minimum Gasteiger partial charge on any atom is -0.341 e. The molecule has 1 heteroatoms. The lowest BCUT2D eigenvalue weighted by atomic mass is 9.80. The number of hydrogen-bond acceptors (Lipinski definition) is 1. The van der Waals surface area contributed by atoms with Gasteiger partial charge in [-0.3, -0.25) is 0 Å². The van der Waals surface area contributed by atoms with Gasteiger partial charge in [0.15, 0.2) is 0 Å². The number of nitrogens with zero attached hydrogens (tertiary/aromatic N) is 1. The van der Waals surface area contributed by atoms with Gasteiger partial charge in [-0.25, -0.2) is 0 Å². The largest absolute Gasteiger partial charge is 0.341 e. The first-order valence-electron chi connectivity index (χ1n) is 6.54. The van der Waals surface area contributed by atoms with Gasteiger partial charge in [-0.2, -0.15) is 0 Å². The lowest BCUT2D eigenvalue weighted by Gasteiger charge is -2.34. The van der Waals surface area contributed by atoms with E-state index in [9.17, 15) is 0 Å². The average molecular weight is 237 g/mol. The molecular weight excluding hydrogens is 218 g/mol. The van der Waals surface area contributed by atoms with E-state index in [0.717, 1.165) is 13.0 Å². The second-order valence-corrected chi connectivity index (χ2v) is 5.64. The summed E-state index contributed by atoms with van der Waals surface area (Å²) in [7, 11) is 0. The maximum absolute atomic E-state index is 4.30. The summed E-state index contributed by atoms with van der Waals surface area (Å²) in [4.78, 5) is 2.41. The highest BCUT2D eigenvalue weighted by atomic mass is 15.2. The zero-order valence-corrected chi connectivity index (χ0v) is 11.1. The van der Waals surface area contributed by atoms with Crippen molar-refractivity contribution in [1.29, 1.82) is 0 Å². The molecule has 1 aromatic rings. The second-order valence-electron chi connectivity index (χ2n) is 5.64. The van der Waals surface area contributed by atoms with Crippen LogP contribution in [0.15, 0.2) is 60.3 Å². The summed E-state index contributed by atoms with van der Waals surface area (Å²) >= 11 is 0. The van der Waals surface area contributed by atoms with E-state index in [1.54, 1.807) is 0 Å². The fourth-order valence-corrected chi connectivity index (χ4v) is 2.75. The molecule has 0 bridgehead atoms. The SMILES string of the molecule is C=C1C(N2CCc3ccccc32)=CC=CC1(C)C. The van der Waals surface area contributed by atoms with Gasteiger partial charge < -0.3 is 4.90 Å². The average Bonchev–Trinajstić information content (AvgIpc) is 2.76. The van der Waals surface area contributed by atoms with Crippen molar-refractivity contribution in [3.05, 3.63) is 65.9 Å². The molecule has 92 valence electrons. The van der Waals surface area contributed by atoms with Crippen LogP contribution >= 0.6 is 0 Å². The van der Waals surface area contributed by atoms with Gasteiger partial charge in [0.1, 0.15) is 0 Å². The Kier molecular flexibility index (Phi) is 2.44. The third-order valence-electron chi connectivity index (χ3n) is 4.03. The van der Waals surface area contributed by atoms with Gasteiger partial charge in [0.25, 0.3) is 0 Å². The maximum Gasteiger partial charge on any atom is 0.0446 e. The molecule has 0 atom stereocenters. The molecule has 18 heavy (non-hydrogen) atoms. The highest BCUT2D eigenvalue weighted by molar-refractivity contribution is 5.66. The van der Waals surface area contributed by atoms with Crippen molar-refractivity contribution in [1.82, 2.24) is 0 Å². The molecule has 0 spiro atoms. The Bertz CT molecular complexity index is 561. The fraction of sp³-hybridized carbons (Fsp3) is 0.294. The lowest BCUT2D eigenvalue weighted by molar-refractivity contribution is 0.578. The summed E-state index contributed by atoms with van der Waals surface area (Å²) in [6, 6.07) is 8.67. The molecule has 3 rings (SSSR count). The van der Waals surface area contributed by atoms with Crippen molar-refractivity contribution in [2.75, 3.05) is 11.4 Å². The van der Waals surface area contributed by atoms with Crippen molar-refractivity contribution >= 4 is 5.69 Å². The van der Waals surface area contributed by atoms with E-state index in [2.05, 4.69) is 67.8 Å². The van der Waals surface area contributed by atoms with E-state index in [-0.39, 0.29) is 5.41 Å². The highest BCUT2D eigenvalue weighted by Crippen LogP contribution is 2.40. The van der Waals surface area contributed by atoms with E-state index in [1.807, 2.05) is 0 Å². The van der Waals surface area contributed by atoms with E-state index < -0.39 is 0 Å². The van der Waals surface area contributed by atoms with E-state index in [0.29, 0.717) is 0 Å². The number of anilines is 1. The summed E-state index contributed by atoms with van der Waals surface area (Å²) in [5.74, 6) is 0. The Morgan fingerprint density at radius 2 is 2.00 bits per heavy atom. The zero-order valence-electron chi connectivity index (χ0n) is 11.1. The van der Waals surface area contributed by atoms with E-state index >= 15 is 0 Å². The molecule has 0 radical (unpaired) electrons. The summed E-state index contributed by atoms with van der Waals surface area (Å²) in [5.41, 5.74) is 5.32. The van der Waals surface area contributed by atoms with Gasteiger partial charge in [0, 0.05) is 23.3 Å². The highest BCUT2D eigenvalue weighted by Gasteiger charge is 2.30. The molecule has 0 amide bonds. The van der Waals surface area contributed by atoms with Gasteiger partial charge in [-0.15, -0.1) is 0 Å². The van der Waals surface area contributed by atoms with Crippen molar-refractivity contribution < 1.29 is 0 Å². The van der Waals surface area contributed by atoms with Gasteiger partial charge >= 0.3 is 0 Å². The molecular formula is C17H19N. The predicted octanol–water partition coefficient (Wildman–Crippen LogP) is 4.09. The summed E-state index contributed by atoms with van der Waals surface area (Å²) in [5, 5.41) is 0. The Balaban J connectivity index is 2.01. The standard InChI is InChI=1S/C17H19N/c1-13-15(9-6-11-17(13,2)3)18-12-10-14-7-4-5-8-16(14)18/h4-9,11H,1,10,12H2,2-3H3. The van der Waals surface area contributed by atoms with Crippen LogP contribution in [-0.4, -0.2) is 6.54 Å². The molecule has 1 aliphatic carbocycles. The molecule has 1 nitrogen and oxygen atoms in total. The van der Waals surface area contributed by atoms with Crippen molar-refractivity contribution in [2.24, 2.45) is 5.41 Å². The third kappa shape index (κ3) is 1.62. The normalized spacial score (nSPS) is 20.9. The van der Waals surface area contributed by atoms with Crippen molar-refractivity contribution in [3.63, 3.8) is 0 Å². The van der Waals surface area contributed by atoms with Crippen LogP contribution < -0.4 is 4.90 Å². The third-order valence-corrected chi connectivity index (χ3v) is 4.03. The molecule has 1 heterocycles. The Morgan fingerprint density at radius 3 is 2.83 bits per heavy atom. The number of fused-ring (bicyclic) bond motifs is 1. The minimum absolute atomic E-state index is 0.0572. The molecule has 1 aromatic carbocycles. The van der Waals surface area contributed by atoms with Crippen LogP contribution in [0.2, 0.25) is 0 Å². The van der Waals surface area contributed by atoms with Crippen LogP contribution in [0.4, 0.5) is 5.69 Å². The zero-order chi connectivity index (χ0) is 12.8. The van der Waals surface area contributed by atoms with Crippen LogP contribution in [0.3, 0.4) is 0 Å². The first kappa shape index (κ1) is 11.3. The Hall–Kier alpha value is -1.76. The molecule has 1 aliphatic heterocycles. The molecule has 0 unspecified atom stereocenters. The molecule has 0 aromatic heterocycles. The van der Waals surface area contributed by atoms with Crippen molar-refractivity contribution in [2.45, 2.75) is 20.3 Å². The van der Waals surface area contributed by atoms with Crippen LogP contribution in [0.1, 0.15) is 19.4 Å². The maximum atomic E-state index is 4.30. The molecule has 0 fully saturated rings. The minimum atomic E-state index is 0.0572. The van der Waals surface area contributed by atoms with Crippen LogP contribution in [0, 0.1) is 5.41 Å². The van der Waals surface area contributed by atoms with Crippen LogP contribution in [0.25, 0.3) is 0 Å². The van der Waals surface area contributed by atoms with Crippen LogP contribution in [-0.2, 0) is 6.42 Å². The number of rotatable bonds is 1.